The van der Waals surface area contributed by atoms with Crippen LogP contribution in [0.4, 0.5) is 0 Å². The zero-order valence-electron chi connectivity index (χ0n) is 6.44. The molecule has 1 saturated carbocycles. The third-order valence-corrected chi connectivity index (χ3v) is 4.82. The molecule has 0 amide bonds. The molecule has 0 radical (unpaired) electrons. The van der Waals surface area contributed by atoms with Crippen LogP contribution < -0.4 is 0 Å². The lowest BCUT2D eigenvalue weighted by molar-refractivity contribution is 0.109. The van der Waals surface area contributed by atoms with E-state index >= 15 is 0 Å². The summed E-state index contributed by atoms with van der Waals surface area (Å²) in [7, 11) is 0. The monoisotopic (exact) mass is 251 g/mol. The lowest BCUT2D eigenvalue weighted by Gasteiger charge is -2.46. The Bertz CT molecular complexity index is 130. The van der Waals surface area contributed by atoms with Crippen LogP contribution >= 0.6 is 22.9 Å². The summed E-state index contributed by atoms with van der Waals surface area (Å²) in [5, 5.41) is 0. The first-order valence-corrected chi connectivity index (χ1v) is 5.16. The van der Waals surface area contributed by atoms with Crippen LogP contribution in [0, 0.1) is 5.92 Å². The van der Waals surface area contributed by atoms with Crippen molar-refractivity contribution in [3.63, 3.8) is 0 Å². The molecule has 1 nitrogen and oxygen atoms in total. The maximum Gasteiger partial charge on any atom is 0.0331 e. The second-order valence-corrected chi connectivity index (χ2v) is 4.90. The van der Waals surface area contributed by atoms with E-state index in [-0.39, 0.29) is 0 Å². The molecule has 0 unspecified atom stereocenters. The first kappa shape index (κ1) is 7.35. The number of hydrogen-bond donors (Lipinski definition) is 0. The average Bonchev–Trinajstić information content (AvgIpc) is 2.06. The van der Waals surface area contributed by atoms with Crippen molar-refractivity contribution >= 4 is 22.9 Å². The fourth-order valence-electron chi connectivity index (χ4n) is 2.31. The zero-order chi connectivity index (χ0) is 7.19. The molecule has 58 valence electrons. The molecule has 2 heteroatoms. The van der Waals surface area contributed by atoms with Gasteiger partial charge >= 0.3 is 0 Å². The highest BCUT2D eigenvalue weighted by Gasteiger charge is 2.49. The van der Waals surface area contributed by atoms with Crippen LogP contribution in [-0.2, 0) is 0 Å². The average molecular weight is 251 g/mol. The Hall–Kier alpha value is 0.690. The van der Waals surface area contributed by atoms with Gasteiger partial charge in [-0.2, -0.15) is 0 Å². The van der Waals surface area contributed by atoms with Crippen molar-refractivity contribution in [2.75, 3.05) is 6.54 Å². The van der Waals surface area contributed by atoms with Crippen molar-refractivity contribution in [1.82, 2.24) is 3.11 Å². The summed E-state index contributed by atoms with van der Waals surface area (Å²) >= 11 is 2.51. The van der Waals surface area contributed by atoms with Gasteiger partial charge in [0.1, 0.15) is 0 Å². The summed E-state index contributed by atoms with van der Waals surface area (Å²) in [6.45, 7) is 3.74. The van der Waals surface area contributed by atoms with Crippen molar-refractivity contribution in [1.29, 1.82) is 0 Å². The molecular weight excluding hydrogens is 237 g/mol. The fraction of sp³-hybridized carbons (Fsp3) is 1.00. The van der Waals surface area contributed by atoms with E-state index < -0.39 is 0 Å². The maximum absolute atomic E-state index is 2.55. The van der Waals surface area contributed by atoms with E-state index in [0.717, 1.165) is 5.92 Å². The van der Waals surface area contributed by atoms with E-state index in [1.165, 1.54) is 32.2 Å². The van der Waals surface area contributed by atoms with Gasteiger partial charge in [-0.05, 0) is 31.6 Å². The molecule has 1 aliphatic carbocycles. The Balaban J connectivity index is 2.15. The zero-order valence-corrected chi connectivity index (χ0v) is 8.60. The first-order chi connectivity index (χ1) is 4.76. The third kappa shape index (κ3) is 0.779. The second kappa shape index (κ2) is 2.34. The number of hydrogen-bond acceptors (Lipinski definition) is 1. The van der Waals surface area contributed by atoms with E-state index in [4.69, 9.17) is 0 Å². The molecule has 0 bridgehead atoms. The van der Waals surface area contributed by atoms with Crippen LogP contribution in [0.15, 0.2) is 0 Å². The van der Waals surface area contributed by atoms with Crippen LogP contribution in [-0.4, -0.2) is 15.2 Å². The van der Waals surface area contributed by atoms with Gasteiger partial charge in [0.05, 0.1) is 0 Å². The van der Waals surface area contributed by atoms with Gasteiger partial charge in [0.2, 0.25) is 0 Å². The number of rotatable bonds is 0. The topological polar surface area (TPSA) is 3.24 Å². The predicted molar refractivity (Wildman–Crippen MR) is 51.1 cm³/mol. The summed E-state index contributed by atoms with van der Waals surface area (Å²) < 4.78 is 2.55. The third-order valence-electron chi connectivity index (χ3n) is 3.38. The Morgan fingerprint density at radius 1 is 1.50 bits per heavy atom. The number of nitrogens with zero attached hydrogens (tertiary/aromatic N) is 1. The highest BCUT2D eigenvalue weighted by atomic mass is 127. The minimum absolute atomic E-state index is 0.653. The maximum atomic E-state index is 2.55. The fourth-order valence-corrected chi connectivity index (χ4v) is 3.55. The van der Waals surface area contributed by atoms with Crippen LogP contribution in [0.5, 0.6) is 0 Å². The molecule has 0 aromatic carbocycles. The van der Waals surface area contributed by atoms with E-state index in [1.54, 1.807) is 0 Å². The molecule has 1 heterocycles. The first-order valence-electron chi connectivity index (χ1n) is 4.19. The molecule has 1 spiro atoms. The largest absolute Gasteiger partial charge is 0.241 e. The second-order valence-electron chi connectivity index (χ2n) is 3.73. The standard InChI is InChI=1S/C8H14IN/c1-7-3-6-10(9)8(7)4-2-5-8/h7H,2-6H2,1H3/t7-/m0/s1. The van der Waals surface area contributed by atoms with Crippen molar-refractivity contribution in [3.8, 4) is 0 Å². The molecular formula is C8H14IN. The lowest BCUT2D eigenvalue weighted by atomic mass is 9.70. The molecule has 1 aliphatic heterocycles. The van der Waals surface area contributed by atoms with E-state index in [0.29, 0.717) is 5.54 Å². The summed E-state index contributed by atoms with van der Waals surface area (Å²) in [5.41, 5.74) is 0.653. The van der Waals surface area contributed by atoms with E-state index in [1.807, 2.05) is 0 Å². The highest BCUT2D eigenvalue weighted by molar-refractivity contribution is 14.1. The molecule has 0 aromatic rings. The van der Waals surface area contributed by atoms with Gasteiger partial charge in [0, 0.05) is 34.9 Å². The Kier molecular flexibility index (Phi) is 1.72. The van der Waals surface area contributed by atoms with Crippen molar-refractivity contribution in [2.45, 2.75) is 38.1 Å². The van der Waals surface area contributed by atoms with E-state index in [2.05, 4.69) is 32.9 Å². The summed E-state index contributed by atoms with van der Waals surface area (Å²) in [5.74, 6) is 0.957. The van der Waals surface area contributed by atoms with E-state index in [9.17, 15) is 0 Å². The summed E-state index contributed by atoms with van der Waals surface area (Å²) in [6, 6.07) is 0. The van der Waals surface area contributed by atoms with Gasteiger partial charge in [-0.15, -0.1) is 0 Å². The minimum atomic E-state index is 0.653. The van der Waals surface area contributed by atoms with Gasteiger partial charge in [-0.25, -0.2) is 3.11 Å². The summed E-state index contributed by atoms with van der Waals surface area (Å²) in [4.78, 5) is 0. The molecule has 0 aromatic heterocycles. The van der Waals surface area contributed by atoms with Crippen LogP contribution in [0.25, 0.3) is 0 Å². The SMILES string of the molecule is C[C@H]1CCN(I)C12CCC2. The van der Waals surface area contributed by atoms with Gasteiger partial charge in [-0.3, -0.25) is 0 Å². The molecule has 2 aliphatic rings. The molecule has 2 fully saturated rings. The van der Waals surface area contributed by atoms with Gasteiger partial charge < -0.3 is 0 Å². The van der Waals surface area contributed by atoms with Crippen LogP contribution in [0.3, 0.4) is 0 Å². The quantitative estimate of drug-likeness (QED) is 0.472. The Labute approximate surface area is 76.7 Å². The lowest BCUT2D eigenvalue weighted by Crippen LogP contribution is -2.48. The van der Waals surface area contributed by atoms with Gasteiger partial charge in [0.25, 0.3) is 0 Å². The van der Waals surface area contributed by atoms with Gasteiger partial charge in [-0.1, -0.05) is 6.92 Å². The van der Waals surface area contributed by atoms with Crippen molar-refractivity contribution in [3.05, 3.63) is 0 Å². The molecule has 0 N–H and O–H groups in total. The van der Waals surface area contributed by atoms with Crippen LogP contribution in [0.1, 0.15) is 32.6 Å². The molecule has 2 rings (SSSR count). The summed E-state index contributed by atoms with van der Waals surface area (Å²) in [6.07, 6.45) is 5.79. The minimum Gasteiger partial charge on any atom is -0.241 e. The smallest absolute Gasteiger partial charge is 0.0331 e. The molecule has 1 atom stereocenters. The molecule has 10 heavy (non-hydrogen) atoms. The predicted octanol–water partition coefficient (Wildman–Crippen LogP) is 2.60. The molecule has 1 saturated heterocycles. The number of halogens is 1. The highest BCUT2D eigenvalue weighted by Crippen LogP contribution is 2.50. The Morgan fingerprint density at radius 2 is 2.20 bits per heavy atom. The van der Waals surface area contributed by atoms with Crippen molar-refractivity contribution < 1.29 is 0 Å². The normalized spacial score (nSPS) is 38.4. The van der Waals surface area contributed by atoms with Gasteiger partial charge in [0.15, 0.2) is 0 Å². The van der Waals surface area contributed by atoms with Crippen molar-refractivity contribution in [2.24, 2.45) is 5.92 Å². The Morgan fingerprint density at radius 3 is 2.40 bits per heavy atom. The van der Waals surface area contributed by atoms with Crippen LogP contribution in [0.2, 0.25) is 0 Å².